The zero-order chi connectivity index (χ0) is 11.9. The van der Waals surface area contributed by atoms with Crippen LogP contribution in [0.1, 0.15) is 20.3 Å². The van der Waals surface area contributed by atoms with E-state index in [0.717, 1.165) is 6.54 Å². The molecule has 6 heteroatoms. The quantitative estimate of drug-likeness (QED) is 0.651. The van der Waals surface area contributed by atoms with Gasteiger partial charge in [0.05, 0.1) is 6.07 Å². The number of nitrogens with one attached hydrogen (secondary N) is 2. The van der Waals surface area contributed by atoms with Gasteiger partial charge in [0.2, 0.25) is 10.0 Å². The molecule has 0 amide bonds. The van der Waals surface area contributed by atoms with Crippen molar-refractivity contribution in [2.45, 2.75) is 25.5 Å². The summed E-state index contributed by atoms with van der Waals surface area (Å²) in [6.45, 7) is 4.73. The van der Waals surface area contributed by atoms with E-state index >= 15 is 0 Å². The van der Waals surface area contributed by atoms with Crippen LogP contribution in [0.2, 0.25) is 0 Å². The van der Waals surface area contributed by atoms with E-state index in [9.17, 15) is 8.42 Å². The third-order valence-corrected chi connectivity index (χ3v) is 3.83. The standard InChI is InChI=1S/C9H19N3O2S/c1-4-9(5-10)15(13,14)12-7-8(2)6-11-3/h8-9,11-12H,4,6-7H2,1-3H3. The molecule has 0 heterocycles. The molecular formula is C9H19N3O2S. The van der Waals surface area contributed by atoms with Gasteiger partial charge in [-0.1, -0.05) is 13.8 Å². The van der Waals surface area contributed by atoms with Crippen LogP contribution in [0.25, 0.3) is 0 Å². The number of rotatable bonds is 7. The van der Waals surface area contributed by atoms with Gasteiger partial charge in [-0.3, -0.25) is 0 Å². The number of nitrogens with zero attached hydrogens (tertiary/aromatic N) is 1. The van der Waals surface area contributed by atoms with Crippen LogP contribution in [-0.2, 0) is 10.0 Å². The van der Waals surface area contributed by atoms with E-state index in [4.69, 9.17) is 5.26 Å². The van der Waals surface area contributed by atoms with Gasteiger partial charge in [0.1, 0.15) is 0 Å². The molecular weight excluding hydrogens is 214 g/mol. The number of nitriles is 1. The van der Waals surface area contributed by atoms with Crippen molar-refractivity contribution in [1.82, 2.24) is 10.0 Å². The second-order valence-corrected chi connectivity index (χ2v) is 5.53. The predicted octanol–water partition coefficient (Wildman–Crippen LogP) is 0.0635. The summed E-state index contributed by atoms with van der Waals surface area (Å²) < 4.78 is 25.6. The molecule has 0 saturated carbocycles. The molecule has 0 aromatic heterocycles. The van der Waals surface area contributed by atoms with Crippen molar-refractivity contribution in [3.05, 3.63) is 0 Å². The molecule has 0 aromatic rings. The van der Waals surface area contributed by atoms with E-state index in [0.29, 0.717) is 13.0 Å². The Labute approximate surface area is 91.9 Å². The molecule has 0 fully saturated rings. The topological polar surface area (TPSA) is 82.0 Å². The molecule has 15 heavy (non-hydrogen) atoms. The van der Waals surface area contributed by atoms with E-state index in [2.05, 4.69) is 10.0 Å². The Kier molecular flexibility index (Phi) is 6.48. The first-order valence-electron chi connectivity index (χ1n) is 5.00. The van der Waals surface area contributed by atoms with Crippen LogP contribution in [0.4, 0.5) is 0 Å². The number of sulfonamides is 1. The Hall–Kier alpha value is -0.640. The summed E-state index contributed by atoms with van der Waals surface area (Å²) in [5.41, 5.74) is 0. The molecule has 0 aromatic carbocycles. The lowest BCUT2D eigenvalue weighted by molar-refractivity contribution is 0.516. The zero-order valence-electron chi connectivity index (χ0n) is 9.45. The van der Waals surface area contributed by atoms with Gasteiger partial charge in [0.15, 0.2) is 5.25 Å². The maximum absolute atomic E-state index is 11.5. The maximum Gasteiger partial charge on any atom is 0.227 e. The molecule has 5 nitrogen and oxygen atoms in total. The van der Waals surface area contributed by atoms with Gasteiger partial charge >= 0.3 is 0 Å². The Morgan fingerprint density at radius 3 is 2.40 bits per heavy atom. The smallest absolute Gasteiger partial charge is 0.227 e. The van der Waals surface area contributed by atoms with Crippen LogP contribution < -0.4 is 10.0 Å². The third kappa shape index (κ3) is 5.11. The van der Waals surface area contributed by atoms with Crippen LogP contribution in [-0.4, -0.2) is 33.8 Å². The van der Waals surface area contributed by atoms with E-state index in [-0.39, 0.29) is 5.92 Å². The second kappa shape index (κ2) is 6.77. The molecule has 2 atom stereocenters. The molecule has 88 valence electrons. The van der Waals surface area contributed by atoms with E-state index < -0.39 is 15.3 Å². The van der Waals surface area contributed by atoms with Gasteiger partial charge in [-0.25, -0.2) is 13.1 Å². The van der Waals surface area contributed by atoms with Gasteiger partial charge in [0.25, 0.3) is 0 Å². The summed E-state index contributed by atoms with van der Waals surface area (Å²) in [7, 11) is -1.66. The Morgan fingerprint density at radius 2 is 2.00 bits per heavy atom. The first-order valence-corrected chi connectivity index (χ1v) is 6.55. The molecule has 0 rings (SSSR count). The van der Waals surface area contributed by atoms with E-state index in [1.807, 2.05) is 14.0 Å². The van der Waals surface area contributed by atoms with E-state index in [1.165, 1.54) is 0 Å². The average molecular weight is 233 g/mol. The first kappa shape index (κ1) is 14.4. The molecule has 2 unspecified atom stereocenters. The lowest BCUT2D eigenvalue weighted by atomic mass is 10.2. The van der Waals surface area contributed by atoms with Gasteiger partial charge < -0.3 is 5.32 Å². The van der Waals surface area contributed by atoms with Crippen molar-refractivity contribution >= 4 is 10.0 Å². The second-order valence-electron chi connectivity index (χ2n) is 3.58. The minimum Gasteiger partial charge on any atom is -0.319 e. The van der Waals surface area contributed by atoms with Crippen LogP contribution in [0.3, 0.4) is 0 Å². The highest BCUT2D eigenvalue weighted by molar-refractivity contribution is 7.90. The SMILES string of the molecule is CCC(C#N)S(=O)(=O)NCC(C)CNC. The monoisotopic (exact) mass is 233 g/mol. The molecule has 0 spiro atoms. The molecule has 0 radical (unpaired) electrons. The lowest BCUT2D eigenvalue weighted by Crippen LogP contribution is -2.37. The van der Waals surface area contributed by atoms with Crippen molar-refractivity contribution in [1.29, 1.82) is 5.26 Å². The van der Waals surface area contributed by atoms with Gasteiger partial charge in [-0.2, -0.15) is 5.26 Å². The summed E-state index contributed by atoms with van der Waals surface area (Å²) in [5, 5.41) is 10.7. The average Bonchev–Trinajstić information content (AvgIpc) is 2.17. The van der Waals surface area contributed by atoms with Crippen LogP contribution in [0, 0.1) is 17.2 Å². The van der Waals surface area contributed by atoms with E-state index in [1.54, 1.807) is 13.0 Å². The highest BCUT2D eigenvalue weighted by Gasteiger charge is 2.23. The van der Waals surface area contributed by atoms with Crippen molar-refractivity contribution in [3.8, 4) is 6.07 Å². The predicted molar refractivity (Wildman–Crippen MR) is 59.7 cm³/mol. The molecule has 0 saturated heterocycles. The van der Waals surface area contributed by atoms with Gasteiger partial charge in [-0.05, 0) is 25.9 Å². The number of hydrogen-bond donors (Lipinski definition) is 2. The fourth-order valence-electron chi connectivity index (χ4n) is 1.16. The fraction of sp³-hybridized carbons (Fsp3) is 0.889. The van der Waals surface area contributed by atoms with Crippen LogP contribution >= 0.6 is 0 Å². The van der Waals surface area contributed by atoms with Crippen molar-refractivity contribution < 1.29 is 8.42 Å². The van der Waals surface area contributed by atoms with Crippen molar-refractivity contribution in [2.75, 3.05) is 20.1 Å². The third-order valence-electron chi connectivity index (χ3n) is 2.07. The summed E-state index contributed by atoms with van der Waals surface area (Å²) in [4.78, 5) is 0. The molecule has 0 aliphatic rings. The zero-order valence-corrected chi connectivity index (χ0v) is 10.3. The summed E-state index contributed by atoms with van der Waals surface area (Å²) >= 11 is 0. The van der Waals surface area contributed by atoms with Crippen molar-refractivity contribution in [2.24, 2.45) is 5.92 Å². The molecule has 0 aliphatic heterocycles. The van der Waals surface area contributed by atoms with Gasteiger partial charge in [-0.15, -0.1) is 0 Å². The lowest BCUT2D eigenvalue weighted by Gasteiger charge is -2.14. The summed E-state index contributed by atoms with van der Waals surface area (Å²) in [6.07, 6.45) is 0.312. The molecule has 2 N–H and O–H groups in total. The normalized spacial score (nSPS) is 15.6. The van der Waals surface area contributed by atoms with Crippen LogP contribution in [0.15, 0.2) is 0 Å². The summed E-state index contributed by atoms with van der Waals surface area (Å²) in [5.74, 6) is 0.209. The Morgan fingerprint density at radius 1 is 1.40 bits per heavy atom. The largest absolute Gasteiger partial charge is 0.319 e. The minimum absolute atomic E-state index is 0.209. The first-order chi connectivity index (χ1) is 6.97. The highest BCUT2D eigenvalue weighted by atomic mass is 32.2. The molecule has 0 bridgehead atoms. The van der Waals surface area contributed by atoms with Crippen LogP contribution in [0.5, 0.6) is 0 Å². The highest BCUT2D eigenvalue weighted by Crippen LogP contribution is 2.03. The fourth-order valence-corrected chi connectivity index (χ4v) is 2.46. The Bertz CT molecular complexity index is 308. The molecule has 0 aliphatic carbocycles. The Balaban J connectivity index is 4.22. The maximum atomic E-state index is 11.5. The number of hydrogen-bond acceptors (Lipinski definition) is 4. The van der Waals surface area contributed by atoms with Gasteiger partial charge in [0, 0.05) is 6.54 Å². The van der Waals surface area contributed by atoms with Crippen molar-refractivity contribution in [3.63, 3.8) is 0 Å². The minimum atomic E-state index is -3.47. The summed E-state index contributed by atoms with van der Waals surface area (Å²) in [6, 6.07) is 1.78.